The predicted octanol–water partition coefficient (Wildman–Crippen LogP) is 7.72. The Morgan fingerprint density at radius 2 is 0.523 bits per heavy atom. The second-order valence-electron chi connectivity index (χ2n) is 16.8. The minimum atomic E-state index is -0.0992. The van der Waals surface area contributed by atoms with Crippen LogP contribution in [-0.4, -0.2) is 50.3 Å². The molecule has 0 bridgehead atoms. The largest absolute Gasteiger partial charge is 0.335 e. The second-order valence-corrected chi connectivity index (χ2v) is 16.8. The van der Waals surface area contributed by atoms with Gasteiger partial charge in [0.25, 0.3) is 0 Å². The Kier molecular flexibility index (Phi) is 6.31. The van der Waals surface area contributed by atoms with Crippen LogP contribution in [0.3, 0.4) is 0 Å². The highest BCUT2D eigenvalue weighted by atomic mass is 15.5. The van der Waals surface area contributed by atoms with E-state index in [1.165, 1.54) is 45.5 Å². The van der Waals surface area contributed by atoms with Crippen LogP contribution in [0.25, 0.3) is 0 Å². The van der Waals surface area contributed by atoms with Crippen LogP contribution in [0.2, 0.25) is 0 Å². The summed E-state index contributed by atoms with van der Waals surface area (Å²) >= 11 is 0. The topological polar surface area (TPSA) is 25.9 Å². The van der Waals surface area contributed by atoms with Crippen LogP contribution in [0.15, 0.2) is 35.9 Å². The van der Waals surface area contributed by atoms with E-state index in [9.17, 15) is 0 Å². The SMILES string of the molecule is CN1C(=C2N(C)c3cc4c(cc3N2C)N(C(C)(C)C)[C]N4C(C)(C)C)N(C)c2cc3c(cc21)N(C(C)(C)C)[C]N3C(C)(C)C. The van der Waals surface area contributed by atoms with E-state index in [0.29, 0.717) is 0 Å². The minimum Gasteiger partial charge on any atom is -0.335 e. The van der Waals surface area contributed by atoms with Gasteiger partial charge in [0.15, 0.2) is 11.6 Å². The van der Waals surface area contributed by atoms with Gasteiger partial charge in [-0.1, -0.05) is 0 Å². The molecule has 2 aromatic carbocycles. The molecule has 236 valence electrons. The molecule has 4 aliphatic rings. The van der Waals surface area contributed by atoms with Crippen LogP contribution in [0.1, 0.15) is 83.1 Å². The Bertz CT molecular complexity index is 1320. The van der Waals surface area contributed by atoms with Gasteiger partial charge in [0.05, 0.1) is 45.5 Å². The summed E-state index contributed by atoms with van der Waals surface area (Å²) in [6, 6.07) is 9.40. The summed E-state index contributed by atoms with van der Waals surface area (Å²) in [6.45, 7) is 34.4. The van der Waals surface area contributed by atoms with Crippen molar-refractivity contribution >= 4 is 45.5 Å². The molecule has 0 atom stereocenters. The predicted molar refractivity (Wildman–Crippen MR) is 189 cm³/mol. The Morgan fingerprint density at radius 3 is 0.682 bits per heavy atom. The molecule has 0 aliphatic carbocycles. The van der Waals surface area contributed by atoms with E-state index >= 15 is 0 Å². The normalized spacial score (nSPS) is 18.7. The van der Waals surface area contributed by atoms with Crippen molar-refractivity contribution in [2.45, 2.75) is 105 Å². The number of rotatable bonds is 0. The highest BCUT2D eigenvalue weighted by molar-refractivity contribution is 5.98. The number of benzene rings is 2. The van der Waals surface area contributed by atoms with Crippen LogP contribution in [0.4, 0.5) is 45.5 Å². The summed E-state index contributed by atoms with van der Waals surface area (Å²) in [6.07, 6.45) is 0. The quantitative estimate of drug-likeness (QED) is 0.305. The Balaban J connectivity index is 1.47. The van der Waals surface area contributed by atoms with Gasteiger partial charge in [-0.25, -0.2) is 0 Å². The van der Waals surface area contributed by atoms with Crippen molar-refractivity contribution in [3.05, 3.63) is 49.2 Å². The van der Waals surface area contributed by atoms with Crippen LogP contribution in [-0.2, 0) is 0 Å². The van der Waals surface area contributed by atoms with Crippen molar-refractivity contribution < 1.29 is 0 Å². The van der Waals surface area contributed by atoms with Crippen molar-refractivity contribution in [2.24, 2.45) is 0 Å². The third kappa shape index (κ3) is 4.30. The molecule has 8 nitrogen and oxygen atoms in total. The number of fused-ring (bicyclic) bond motifs is 4. The van der Waals surface area contributed by atoms with Gasteiger partial charge < -0.3 is 39.2 Å². The lowest BCUT2D eigenvalue weighted by atomic mass is 10.0. The van der Waals surface area contributed by atoms with Gasteiger partial charge in [0.1, 0.15) is 0 Å². The number of hydrogen-bond donors (Lipinski definition) is 0. The van der Waals surface area contributed by atoms with E-state index in [1.54, 1.807) is 0 Å². The van der Waals surface area contributed by atoms with Gasteiger partial charge in [0, 0.05) is 50.3 Å². The molecule has 4 radical (unpaired) electrons. The van der Waals surface area contributed by atoms with E-state index < -0.39 is 0 Å². The summed E-state index contributed by atoms with van der Waals surface area (Å²) in [4.78, 5) is 18.6. The average Bonchev–Trinajstić information content (AvgIpc) is 3.57. The maximum absolute atomic E-state index is 3.70. The molecule has 44 heavy (non-hydrogen) atoms. The number of hydrogen-bond acceptors (Lipinski definition) is 8. The lowest BCUT2D eigenvalue weighted by Crippen LogP contribution is -2.45. The van der Waals surface area contributed by atoms with Gasteiger partial charge in [-0.05, 0) is 107 Å². The maximum atomic E-state index is 3.70. The molecular weight excluding hydrogens is 544 g/mol. The zero-order valence-corrected chi connectivity index (χ0v) is 29.9. The molecule has 0 aromatic heterocycles. The van der Waals surface area contributed by atoms with Crippen molar-refractivity contribution in [1.82, 2.24) is 0 Å². The summed E-state index contributed by atoms with van der Waals surface area (Å²) in [5, 5.41) is 0. The zero-order valence-electron chi connectivity index (χ0n) is 29.9. The third-order valence-electron chi connectivity index (χ3n) is 9.11. The molecule has 0 unspecified atom stereocenters. The smallest absolute Gasteiger partial charge is 0.209 e. The molecule has 4 aliphatic heterocycles. The Hall–Kier alpha value is -3.42. The van der Waals surface area contributed by atoms with Gasteiger partial charge in [-0.2, -0.15) is 0 Å². The summed E-state index contributed by atoms with van der Waals surface area (Å²) < 4.78 is 0. The van der Waals surface area contributed by atoms with Crippen molar-refractivity contribution in [2.75, 3.05) is 67.4 Å². The Labute approximate surface area is 267 Å². The van der Waals surface area contributed by atoms with Crippen molar-refractivity contribution in [3.8, 4) is 0 Å². The molecule has 8 heteroatoms. The molecule has 6 rings (SSSR count). The van der Waals surface area contributed by atoms with Crippen molar-refractivity contribution in [1.29, 1.82) is 0 Å². The summed E-state index contributed by atoms with van der Waals surface area (Å²) in [5.74, 6) is 2.31. The third-order valence-corrected chi connectivity index (χ3v) is 9.11. The van der Waals surface area contributed by atoms with Crippen molar-refractivity contribution in [3.63, 3.8) is 0 Å². The molecule has 4 heterocycles. The highest BCUT2D eigenvalue weighted by Crippen LogP contribution is 2.56. The van der Waals surface area contributed by atoms with Crippen LogP contribution in [0, 0.1) is 13.3 Å². The molecular formula is C36H52N8. The first-order valence-corrected chi connectivity index (χ1v) is 15.8. The lowest BCUT2D eigenvalue weighted by Gasteiger charge is -2.36. The molecule has 0 saturated heterocycles. The molecule has 0 fully saturated rings. The van der Waals surface area contributed by atoms with Gasteiger partial charge >= 0.3 is 0 Å². The zero-order chi connectivity index (χ0) is 32.6. The van der Waals surface area contributed by atoms with E-state index in [1.807, 2.05) is 0 Å². The number of anilines is 8. The minimum absolute atomic E-state index is 0.0992. The fourth-order valence-corrected chi connectivity index (χ4v) is 6.87. The standard InChI is InChI=1S/C36H52N8/c1-33(2,3)41-21-42(34(4,5)6)28-18-24-23(17-27(28)41)37(13)31(38(24)14)32-39(15)25-19-29-30(20-26(25)40(32)16)44(36(10,11)12)22-43(29)35(7,8)9/h17-20H,1-16H3. The maximum Gasteiger partial charge on any atom is 0.209 e. The van der Waals surface area contributed by atoms with E-state index in [2.05, 4.69) is 188 Å². The van der Waals surface area contributed by atoms with Crippen LogP contribution >= 0.6 is 0 Å². The molecule has 2 aromatic rings. The van der Waals surface area contributed by atoms with Gasteiger partial charge in [-0.15, -0.1) is 0 Å². The van der Waals surface area contributed by atoms with Gasteiger partial charge in [-0.3, -0.25) is 0 Å². The van der Waals surface area contributed by atoms with E-state index in [0.717, 1.165) is 11.6 Å². The molecule has 0 amide bonds. The fraction of sp³-hybridized carbons (Fsp3) is 0.556. The fourth-order valence-electron chi connectivity index (χ4n) is 6.87. The van der Waals surface area contributed by atoms with E-state index in [-0.39, 0.29) is 22.2 Å². The molecule has 0 spiro atoms. The number of nitrogens with zero attached hydrogens (tertiary/aromatic N) is 8. The average molecular weight is 597 g/mol. The molecule has 0 N–H and O–H groups in total. The first-order valence-electron chi connectivity index (χ1n) is 15.8. The second kappa shape index (κ2) is 9.07. The lowest BCUT2D eigenvalue weighted by molar-refractivity contribution is 0.498. The Morgan fingerprint density at radius 1 is 0.341 bits per heavy atom. The monoisotopic (exact) mass is 596 g/mol. The molecule has 0 saturated carbocycles. The summed E-state index contributed by atoms with van der Waals surface area (Å²) in [5.41, 5.74) is 9.18. The first kappa shape index (κ1) is 30.6. The van der Waals surface area contributed by atoms with Gasteiger partial charge in [0.2, 0.25) is 13.3 Å². The summed E-state index contributed by atoms with van der Waals surface area (Å²) in [7, 11) is 8.78. The highest BCUT2D eigenvalue weighted by Gasteiger charge is 2.45. The van der Waals surface area contributed by atoms with Crippen LogP contribution < -0.4 is 39.2 Å². The first-order chi connectivity index (χ1) is 20.0. The van der Waals surface area contributed by atoms with Crippen LogP contribution in [0.5, 0.6) is 0 Å². The van der Waals surface area contributed by atoms with E-state index in [4.69, 9.17) is 0 Å².